The first kappa shape index (κ1) is 14.2. The number of carbonyl (C=O) groups excluding carboxylic acids is 1. The molecule has 0 aliphatic carbocycles. The normalized spacial score (nSPS) is 29.8. The molecule has 120 valence electrons. The van der Waals surface area contributed by atoms with E-state index in [2.05, 4.69) is 20.4 Å². The fourth-order valence-corrected chi connectivity index (χ4v) is 2.78. The van der Waals surface area contributed by atoms with E-state index in [1.54, 1.807) is 0 Å². The van der Waals surface area contributed by atoms with Crippen LogP contribution in [-0.2, 0) is 9.53 Å². The Morgan fingerprint density at radius 3 is 2.83 bits per heavy atom. The molecule has 0 radical (unpaired) electrons. The van der Waals surface area contributed by atoms with E-state index >= 15 is 0 Å². The largest absolute Gasteiger partial charge is 0.394 e. The number of nitrogens with one attached hydrogen (secondary N) is 1. The fraction of sp³-hybridized carbons (Fsp3) is 0.385. The van der Waals surface area contributed by atoms with Crippen molar-refractivity contribution in [3.63, 3.8) is 0 Å². The van der Waals surface area contributed by atoms with Gasteiger partial charge in [-0.25, -0.2) is 14.6 Å². The number of rotatable bonds is 2. The van der Waals surface area contributed by atoms with Crippen LogP contribution in [0.3, 0.4) is 0 Å². The summed E-state index contributed by atoms with van der Waals surface area (Å²) in [5.41, 5.74) is 0.776. The summed E-state index contributed by atoms with van der Waals surface area (Å²) in [5.74, 6) is -0.0274. The minimum absolute atomic E-state index is 0.304. The third kappa shape index (κ3) is 2.04. The molecule has 1 fully saturated rings. The molecule has 4 rings (SSSR count). The molecule has 4 N–H and O–H groups in total. The number of hydrogen-bond donors (Lipinski definition) is 4. The Labute approximate surface area is 129 Å². The first-order valence-corrected chi connectivity index (χ1v) is 6.95. The van der Waals surface area contributed by atoms with Crippen molar-refractivity contribution in [3.8, 4) is 0 Å². The number of carbonyl (C=O) groups is 1. The topological polar surface area (TPSA) is 143 Å². The number of ether oxygens (including phenoxy) is 1. The first-order valence-electron chi connectivity index (χ1n) is 6.95. The van der Waals surface area contributed by atoms with E-state index in [0.29, 0.717) is 22.5 Å². The van der Waals surface area contributed by atoms with Crippen LogP contribution in [0.25, 0.3) is 17.1 Å². The van der Waals surface area contributed by atoms with Gasteiger partial charge in [-0.15, -0.1) is 0 Å². The quantitative estimate of drug-likeness (QED) is 0.518. The minimum Gasteiger partial charge on any atom is -0.394 e. The fourth-order valence-electron chi connectivity index (χ4n) is 2.78. The molecule has 2 aliphatic heterocycles. The van der Waals surface area contributed by atoms with Gasteiger partial charge in [0.25, 0.3) is 0 Å². The molecule has 1 saturated heterocycles. The Morgan fingerprint density at radius 2 is 2.09 bits per heavy atom. The van der Waals surface area contributed by atoms with Gasteiger partial charge in [0.05, 0.1) is 17.7 Å². The van der Waals surface area contributed by atoms with Gasteiger partial charge in [0, 0.05) is 6.08 Å². The zero-order valence-electron chi connectivity index (χ0n) is 11.7. The van der Waals surface area contributed by atoms with Crippen LogP contribution in [0, 0.1) is 0 Å². The average molecular weight is 319 g/mol. The third-order valence-corrected chi connectivity index (χ3v) is 3.91. The molecule has 2 aliphatic rings. The first-order chi connectivity index (χ1) is 11.1. The second-order valence-electron chi connectivity index (χ2n) is 5.30. The van der Waals surface area contributed by atoms with Gasteiger partial charge in [0.1, 0.15) is 30.5 Å². The number of nitrogens with zero attached hydrogens (tertiary/aromatic N) is 4. The van der Waals surface area contributed by atoms with E-state index in [-0.39, 0.29) is 5.91 Å². The molecule has 4 atom stereocenters. The Balaban J connectivity index is 1.87. The molecule has 2 aromatic rings. The van der Waals surface area contributed by atoms with Crippen LogP contribution in [0.15, 0.2) is 12.4 Å². The minimum atomic E-state index is -1.27. The van der Waals surface area contributed by atoms with Crippen molar-refractivity contribution < 1.29 is 24.9 Å². The summed E-state index contributed by atoms with van der Waals surface area (Å²) in [6.45, 7) is -0.434. The van der Waals surface area contributed by atoms with E-state index in [1.807, 2.05) is 0 Å². The van der Waals surface area contributed by atoms with Gasteiger partial charge in [-0.1, -0.05) is 0 Å². The molecule has 23 heavy (non-hydrogen) atoms. The third-order valence-electron chi connectivity index (χ3n) is 3.91. The smallest absolute Gasteiger partial charge is 0.249 e. The summed E-state index contributed by atoms with van der Waals surface area (Å²) in [7, 11) is 0. The molecule has 4 heterocycles. The SMILES string of the molecule is O=C1C=Cc2nn(C3O[C@H](CO)[C@@H](O)[C@H]3O)c3ncnc(c23)N1. The summed E-state index contributed by atoms with van der Waals surface area (Å²) in [6.07, 6.45) is -0.362. The van der Waals surface area contributed by atoms with Crippen LogP contribution < -0.4 is 5.32 Å². The van der Waals surface area contributed by atoms with Gasteiger partial charge in [0.15, 0.2) is 11.9 Å². The molecule has 1 amide bonds. The van der Waals surface area contributed by atoms with Crippen LogP contribution in [0.1, 0.15) is 11.9 Å². The molecule has 0 aromatic carbocycles. The number of aliphatic hydroxyl groups excluding tert-OH is 3. The van der Waals surface area contributed by atoms with Crippen LogP contribution >= 0.6 is 0 Å². The standard InChI is InChI=1S/C13H13N5O5/c19-3-6-9(21)10(22)13(23-6)18-12-8-5(17-18)1-2-7(20)16-11(8)14-4-15-12/h1-2,4,6,9-10,13,19,21-22H,3H2,(H,14,15,16,20)/t6-,9-,10-,13?/m1/s1. The Morgan fingerprint density at radius 1 is 1.26 bits per heavy atom. The van der Waals surface area contributed by atoms with Gasteiger partial charge < -0.3 is 25.4 Å². The second-order valence-corrected chi connectivity index (χ2v) is 5.30. The lowest BCUT2D eigenvalue weighted by Crippen LogP contribution is -2.33. The lowest BCUT2D eigenvalue weighted by molar-refractivity contribution is -0.111. The van der Waals surface area contributed by atoms with Gasteiger partial charge in [-0.3, -0.25) is 4.79 Å². The Kier molecular flexibility index (Phi) is 3.13. The van der Waals surface area contributed by atoms with Gasteiger partial charge in [0.2, 0.25) is 5.91 Å². The molecular formula is C13H13N5O5. The number of aliphatic hydroxyl groups is 3. The zero-order valence-corrected chi connectivity index (χ0v) is 11.7. The van der Waals surface area contributed by atoms with Crippen molar-refractivity contribution in [2.45, 2.75) is 24.5 Å². The van der Waals surface area contributed by atoms with Crippen molar-refractivity contribution in [2.75, 3.05) is 11.9 Å². The van der Waals surface area contributed by atoms with E-state index < -0.39 is 31.1 Å². The van der Waals surface area contributed by atoms with Gasteiger partial charge >= 0.3 is 0 Å². The molecular weight excluding hydrogens is 306 g/mol. The van der Waals surface area contributed by atoms with Crippen LogP contribution in [0.5, 0.6) is 0 Å². The maximum absolute atomic E-state index is 11.6. The number of amides is 1. The monoisotopic (exact) mass is 319 g/mol. The van der Waals surface area contributed by atoms with Crippen LogP contribution in [-0.4, -0.2) is 65.9 Å². The van der Waals surface area contributed by atoms with Crippen molar-refractivity contribution in [3.05, 3.63) is 18.1 Å². The van der Waals surface area contributed by atoms with Crippen LogP contribution in [0.2, 0.25) is 0 Å². The summed E-state index contributed by atoms with van der Waals surface area (Å²) in [5, 5.41) is 36.7. The second kappa shape index (κ2) is 5.06. The maximum Gasteiger partial charge on any atom is 0.249 e. The predicted molar refractivity (Wildman–Crippen MR) is 76.0 cm³/mol. The summed E-state index contributed by atoms with van der Waals surface area (Å²) < 4.78 is 6.80. The predicted octanol–water partition coefficient (Wildman–Crippen LogP) is -1.60. The molecule has 10 heteroatoms. The lowest BCUT2D eigenvalue weighted by atomic mass is 10.1. The van der Waals surface area contributed by atoms with Crippen molar-refractivity contribution in [1.29, 1.82) is 0 Å². The molecule has 10 nitrogen and oxygen atoms in total. The highest BCUT2D eigenvalue weighted by atomic mass is 16.6. The van der Waals surface area contributed by atoms with Crippen molar-refractivity contribution >= 4 is 28.8 Å². The summed E-state index contributed by atoms with van der Waals surface area (Å²) >= 11 is 0. The van der Waals surface area contributed by atoms with Crippen molar-refractivity contribution in [2.24, 2.45) is 0 Å². The summed E-state index contributed by atoms with van der Waals surface area (Å²) in [4.78, 5) is 19.7. The van der Waals surface area contributed by atoms with E-state index in [0.717, 1.165) is 0 Å². The van der Waals surface area contributed by atoms with E-state index in [9.17, 15) is 20.1 Å². The summed E-state index contributed by atoms with van der Waals surface area (Å²) in [6, 6.07) is 0. The number of aromatic nitrogens is 4. The molecule has 0 saturated carbocycles. The molecule has 0 spiro atoms. The van der Waals surface area contributed by atoms with E-state index in [4.69, 9.17) is 4.74 Å². The Hall–Kier alpha value is -2.40. The Bertz CT molecular complexity index is 818. The van der Waals surface area contributed by atoms with Gasteiger partial charge in [-0.2, -0.15) is 5.10 Å². The van der Waals surface area contributed by atoms with Crippen LogP contribution in [0.4, 0.5) is 5.82 Å². The highest BCUT2D eigenvalue weighted by Crippen LogP contribution is 2.34. The lowest BCUT2D eigenvalue weighted by Gasteiger charge is -2.15. The molecule has 2 aromatic heterocycles. The number of hydrogen-bond acceptors (Lipinski definition) is 8. The highest BCUT2D eigenvalue weighted by Gasteiger charge is 2.44. The molecule has 1 unspecified atom stereocenters. The highest BCUT2D eigenvalue weighted by molar-refractivity contribution is 6.10. The molecule has 0 bridgehead atoms. The van der Waals surface area contributed by atoms with Crippen molar-refractivity contribution in [1.82, 2.24) is 19.7 Å². The number of anilines is 1. The van der Waals surface area contributed by atoms with Gasteiger partial charge in [-0.05, 0) is 6.08 Å². The maximum atomic E-state index is 11.6. The van der Waals surface area contributed by atoms with E-state index in [1.165, 1.54) is 23.2 Å². The average Bonchev–Trinajstić information content (AvgIpc) is 2.99. The zero-order chi connectivity index (χ0) is 16.1.